The van der Waals surface area contributed by atoms with Gasteiger partial charge in [-0.05, 0) is 83.1 Å². The molecule has 0 saturated carbocycles. The molecular weight excluding hydrogens is 381 g/mol. The molecule has 0 bridgehead atoms. The topological polar surface area (TPSA) is 76.7 Å². The predicted octanol–water partition coefficient (Wildman–Crippen LogP) is 3.39. The van der Waals surface area contributed by atoms with E-state index >= 15 is 0 Å². The quantitative estimate of drug-likeness (QED) is 0.473. The second kappa shape index (κ2) is 7.07. The van der Waals surface area contributed by atoms with E-state index < -0.39 is 6.03 Å². The zero-order chi connectivity index (χ0) is 15.2. The van der Waals surface area contributed by atoms with Gasteiger partial charge in [0.1, 0.15) is 11.5 Å². The highest BCUT2D eigenvalue weighted by Gasteiger charge is 2.02. The summed E-state index contributed by atoms with van der Waals surface area (Å²) in [7, 11) is 0. The Bertz CT molecular complexity index is 669. The van der Waals surface area contributed by atoms with Gasteiger partial charge in [0, 0.05) is 3.57 Å². The highest BCUT2D eigenvalue weighted by atomic mass is 127. The number of halogens is 1. The van der Waals surface area contributed by atoms with Gasteiger partial charge < -0.3 is 10.5 Å². The number of nitrogens with two attached hydrogens (primary N) is 1. The van der Waals surface area contributed by atoms with Crippen molar-refractivity contribution in [3.63, 3.8) is 0 Å². The number of carbonyl (C=O) groups excluding carboxylic acids is 1. The molecule has 0 fully saturated rings. The van der Waals surface area contributed by atoms with Gasteiger partial charge >= 0.3 is 6.03 Å². The van der Waals surface area contributed by atoms with E-state index in [0.29, 0.717) is 0 Å². The molecule has 108 valence electrons. The Balaban J connectivity index is 2.05. The Labute approximate surface area is 136 Å². The maximum absolute atomic E-state index is 10.5. The molecule has 0 unspecified atom stereocenters. The SMILES string of the molecule is Cc1cc(I)ccc1Oc1ccc(/C=N/NC(N)=O)cc1. The van der Waals surface area contributed by atoms with Crippen LogP contribution in [-0.2, 0) is 0 Å². The van der Waals surface area contributed by atoms with E-state index in [1.165, 1.54) is 9.78 Å². The Morgan fingerprint density at radius 2 is 2.00 bits per heavy atom. The Hall–Kier alpha value is -2.09. The first-order chi connectivity index (χ1) is 10.0. The molecular formula is C15H14IN3O2. The summed E-state index contributed by atoms with van der Waals surface area (Å²) in [6.45, 7) is 2.01. The highest BCUT2D eigenvalue weighted by Crippen LogP contribution is 2.26. The zero-order valence-corrected chi connectivity index (χ0v) is 13.5. The molecule has 2 aromatic rings. The molecule has 0 radical (unpaired) electrons. The number of aryl methyl sites for hydroxylation is 1. The van der Waals surface area contributed by atoms with Crippen molar-refractivity contribution < 1.29 is 9.53 Å². The first-order valence-electron chi connectivity index (χ1n) is 6.17. The largest absolute Gasteiger partial charge is 0.457 e. The summed E-state index contributed by atoms with van der Waals surface area (Å²) in [5.74, 6) is 1.56. The van der Waals surface area contributed by atoms with Gasteiger partial charge in [-0.15, -0.1) is 0 Å². The number of amides is 2. The standard InChI is InChI=1S/C15H14IN3O2/c1-10-8-12(16)4-7-14(10)21-13-5-2-11(3-6-13)9-18-19-15(17)20/h2-9H,1H3,(H3,17,19,20)/b18-9+. The molecule has 21 heavy (non-hydrogen) atoms. The molecule has 2 rings (SSSR count). The van der Waals surface area contributed by atoms with Crippen LogP contribution in [0.1, 0.15) is 11.1 Å². The van der Waals surface area contributed by atoms with Gasteiger partial charge in [0.15, 0.2) is 0 Å². The third-order valence-corrected chi connectivity index (χ3v) is 3.30. The highest BCUT2D eigenvalue weighted by molar-refractivity contribution is 14.1. The van der Waals surface area contributed by atoms with Crippen molar-refractivity contribution in [1.29, 1.82) is 0 Å². The maximum Gasteiger partial charge on any atom is 0.332 e. The number of hydrazone groups is 1. The van der Waals surface area contributed by atoms with Crippen LogP contribution in [0.15, 0.2) is 47.6 Å². The van der Waals surface area contributed by atoms with Crippen molar-refractivity contribution in [3.05, 3.63) is 57.2 Å². The number of nitrogens with one attached hydrogen (secondary N) is 1. The molecule has 0 aliphatic heterocycles. The van der Waals surface area contributed by atoms with Crippen molar-refractivity contribution in [2.24, 2.45) is 10.8 Å². The van der Waals surface area contributed by atoms with Crippen LogP contribution in [0, 0.1) is 10.5 Å². The van der Waals surface area contributed by atoms with Gasteiger partial charge in [0.05, 0.1) is 6.21 Å². The third-order valence-electron chi connectivity index (χ3n) is 2.63. The molecule has 0 saturated heterocycles. The summed E-state index contributed by atoms with van der Waals surface area (Å²) in [6, 6.07) is 12.7. The monoisotopic (exact) mass is 395 g/mol. The average molecular weight is 395 g/mol. The summed E-state index contributed by atoms with van der Waals surface area (Å²) in [5, 5.41) is 3.69. The lowest BCUT2D eigenvalue weighted by molar-refractivity contribution is 0.249. The minimum Gasteiger partial charge on any atom is -0.457 e. The summed E-state index contributed by atoms with van der Waals surface area (Å²) < 4.78 is 7.00. The first-order valence-corrected chi connectivity index (χ1v) is 7.25. The molecule has 2 amide bonds. The van der Waals surface area contributed by atoms with Gasteiger partial charge in [0.2, 0.25) is 0 Å². The normalized spacial score (nSPS) is 10.6. The Morgan fingerprint density at radius 3 is 2.62 bits per heavy atom. The van der Waals surface area contributed by atoms with Crippen LogP contribution in [0.2, 0.25) is 0 Å². The van der Waals surface area contributed by atoms with Crippen molar-refractivity contribution >= 4 is 34.8 Å². The predicted molar refractivity (Wildman–Crippen MR) is 90.7 cm³/mol. The first kappa shape index (κ1) is 15.3. The smallest absolute Gasteiger partial charge is 0.332 e. The van der Waals surface area contributed by atoms with Crippen LogP contribution in [0.3, 0.4) is 0 Å². The molecule has 0 heterocycles. The summed E-state index contributed by atoms with van der Waals surface area (Å²) in [6.07, 6.45) is 1.50. The van der Waals surface area contributed by atoms with Gasteiger partial charge in [-0.25, -0.2) is 10.2 Å². The van der Waals surface area contributed by atoms with E-state index in [9.17, 15) is 4.79 Å². The maximum atomic E-state index is 10.5. The number of benzene rings is 2. The second-order valence-corrected chi connectivity index (χ2v) is 5.56. The molecule has 0 spiro atoms. The number of urea groups is 1. The van der Waals surface area contributed by atoms with Crippen LogP contribution in [0.25, 0.3) is 0 Å². The van der Waals surface area contributed by atoms with Crippen LogP contribution in [0.4, 0.5) is 4.79 Å². The lowest BCUT2D eigenvalue weighted by Gasteiger charge is -2.09. The van der Waals surface area contributed by atoms with Gasteiger partial charge in [-0.2, -0.15) is 5.10 Å². The number of rotatable bonds is 4. The van der Waals surface area contributed by atoms with Crippen molar-refractivity contribution in [3.8, 4) is 11.5 Å². The fourth-order valence-electron chi connectivity index (χ4n) is 1.65. The van der Waals surface area contributed by atoms with E-state index in [0.717, 1.165) is 22.6 Å². The van der Waals surface area contributed by atoms with E-state index in [1.54, 1.807) is 0 Å². The Kier molecular flexibility index (Phi) is 5.15. The summed E-state index contributed by atoms with van der Waals surface area (Å²) in [5.41, 5.74) is 8.96. The van der Waals surface area contributed by atoms with Gasteiger partial charge in [-0.1, -0.05) is 0 Å². The number of ether oxygens (including phenoxy) is 1. The van der Waals surface area contributed by atoms with E-state index in [1.807, 2.05) is 43.3 Å². The average Bonchev–Trinajstić information content (AvgIpc) is 2.43. The summed E-state index contributed by atoms with van der Waals surface area (Å²) >= 11 is 2.27. The van der Waals surface area contributed by atoms with Crippen molar-refractivity contribution in [1.82, 2.24) is 5.43 Å². The number of primary amides is 1. The van der Waals surface area contributed by atoms with E-state index in [2.05, 4.69) is 39.2 Å². The van der Waals surface area contributed by atoms with Crippen molar-refractivity contribution in [2.75, 3.05) is 0 Å². The number of carbonyl (C=O) groups is 1. The minimum absolute atomic E-state index is 0.694. The third kappa shape index (κ3) is 4.75. The number of hydrogen-bond acceptors (Lipinski definition) is 3. The minimum atomic E-state index is -0.694. The van der Waals surface area contributed by atoms with Gasteiger partial charge in [-0.3, -0.25) is 0 Å². The van der Waals surface area contributed by atoms with Gasteiger partial charge in [0.25, 0.3) is 0 Å². The lowest BCUT2D eigenvalue weighted by Crippen LogP contribution is -2.24. The Morgan fingerprint density at radius 1 is 1.29 bits per heavy atom. The number of hydrogen-bond donors (Lipinski definition) is 2. The fourth-order valence-corrected chi connectivity index (χ4v) is 2.29. The molecule has 0 atom stereocenters. The molecule has 0 aromatic heterocycles. The van der Waals surface area contributed by atoms with Crippen LogP contribution >= 0.6 is 22.6 Å². The molecule has 0 aliphatic carbocycles. The van der Waals surface area contributed by atoms with E-state index in [4.69, 9.17) is 10.5 Å². The van der Waals surface area contributed by atoms with Crippen molar-refractivity contribution in [2.45, 2.75) is 6.92 Å². The number of nitrogens with zero attached hydrogens (tertiary/aromatic N) is 1. The lowest BCUT2D eigenvalue weighted by atomic mass is 10.2. The fraction of sp³-hybridized carbons (Fsp3) is 0.0667. The molecule has 5 nitrogen and oxygen atoms in total. The van der Waals surface area contributed by atoms with Crippen LogP contribution < -0.4 is 15.9 Å². The molecule has 6 heteroatoms. The molecule has 0 aliphatic rings. The molecule has 2 aromatic carbocycles. The zero-order valence-electron chi connectivity index (χ0n) is 11.3. The van der Waals surface area contributed by atoms with Crippen LogP contribution in [0.5, 0.6) is 11.5 Å². The summed E-state index contributed by atoms with van der Waals surface area (Å²) in [4.78, 5) is 10.5. The molecule has 3 N–H and O–H groups in total. The van der Waals surface area contributed by atoms with Crippen LogP contribution in [-0.4, -0.2) is 12.2 Å². The second-order valence-electron chi connectivity index (χ2n) is 4.32. The van der Waals surface area contributed by atoms with E-state index in [-0.39, 0.29) is 0 Å².